The van der Waals surface area contributed by atoms with Gasteiger partial charge in [-0.25, -0.2) is 4.68 Å². The van der Waals surface area contributed by atoms with Gasteiger partial charge < -0.3 is 14.8 Å². The van der Waals surface area contributed by atoms with E-state index in [0.29, 0.717) is 31.1 Å². The van der Waals surface area contributed by atoms with E-state index in [4.69, 9.17) is 14.6 Å². The molecule has 2 heterocycles. The zero-order chi connectivity index (χ0) is 28.8. The number of nitrogens with zero attached hydrogens (tertiary/aromatic N) is 3. The number of ether oxygens (including phenoxy) is 2. The average molecular weight is 571 g/mol. The standard InChI is InChI=1S/C32H34N4O4S/c1-22-10-7-8-13-26(22)31-29-30(23-11-5-4-6-12-23)34-36(24-14-16-25(40-3)17-15-24)32(29)35(28(38)21-41-31)20-27(37)33-18-9-19-39-2/h4-8,10-17,31H,9,18-21H2,1-3H3,(H,33,37). The van der Waals surface area contributed by atoms with Crippen molar-refractivity contribution in [2.75, 3.05) is 44.6 Å². The van der Waals surface area contributed by atoms with E-state index >= 15 is 0 Å². The van der Waals surface area contributed by atoms with E-state index in [-0.39, 0.29) is 29.4 Å². The van der Waals surface area contributed by atoms with Gasteiger partial charge in [0.1, 0.15) is 18.1 Å². The molecular formula is C32H34N4O4S. The Labute approximate surface area is 244 Å². The topological polar surface area (TPSA) is 85.7 Å². The third kappa shape index (κ3) is 6.16. The number of fused-ring (bicyclic) bond motifs is 1. The van der Waals surface area contributed by atoms with Crippen LogP contribution >= 0.6 is 11.8 Å². The van der Waals surface area contributed by atoms with E-state index in [0.717, 1.165) is 33.6 Å². The van der Waals surface area contributed by atoms with Crippen LogP contribution in [0.1, 0.15) is 28.4 Å². The highest BCUT2D eigenvalue weighted by atomic mass is 32.2. The quantitative estimate of drug-likeness (QED) is 0.265. The summed E-state index contributed by atoms with van der Waals surface area (Å²) in [5.41, 5.74) is 5.63. The van der Waals surface area contributed by atoms with Crippen molar-refractivity contribution < 1.29 is 19.1 Å². The second-order valence-electron chi connectivity index (χ2n) is 9.79. The van der Waals surface area contributed by atoms with Gasteiger partial charge in [0.25, 0.3) is 0 Å². The molecule has 2 amide bonds. The summed E-state index contributed by atoms with van der Waals surface area (Å²) in [5.74, 6) is 1.16. The molecule has 1 unspecified atom stereocenters. The van der Waals surface area contributed by atoms with Crippen LogP contribution in [-0.2, 0) is 14.3 Å². The van der Waals surface area contributed by atoms with Crippen molar-refractivity contribution in [2.45, 2.75) is 18.6 Å². The van der Waals surface area contributed by atoms with Crippen molar-refractivity contribution in [3.8, 4) is 22.7 Å². The lowest BCUT2D eigenvalue weighted by molar-refractivity contribution is -0.122. The molecule has 0 saturated heterocycles. The number of hydrogen-bond donors (Lipinski definition) is 1. The number of anilines is 1. The van der Waals surface area contributed by atoms with Gasteiger partial charge in [-0.3, -0.25) is 14.5 Å². The first-order valence-electron chi connectivity index (χ1n) is 13.6. The highest BCUT2D eigenvalue weighted by molar-refractivity contribution is 8.00. The highest BCUT2D eigenvalue weighted by Crippen LogP contribution is 2.49. The molecule has 5 rings (SSSR count). The smallest absolute Gasteiger partial charge is 0.240 e. The fraction of sp³-hybridized carbons (Fsp3) is 0.281. The molecule has 0 saturated carbocycles. The number of methoxy groups -OCH3 is 2. The maximum atomic E-state index is 13.8. The summed E-state index contributed by atoms with van der Waals surface area (Å²) in [6, 6.07) is 25.8. The number of aromatic nitrogens is 2. The number of carbonyl (C=O) groups is 2. The number of hydrogen-bond acceptors (Lipinski definition) is 6. The van der Waals surface area contributed by atoms with E-state index in [2.05, 4.69) is 24.4 Å². The van der Waals surface area contributed by atoms with Crippen LogP contribution < -0.4 is 15.0 Å². The summed E-state index contributed by atoms with van der Waals surface area (Å²) in [5, 5.41) is 7.90. The predicted octanol–water partition coefficient (Wildman–Crippen LogP) is 5.18. The maximum Gasteiger partial charge on any atom is 0.240 e. The van der Waals surface area contributed by atoms with Crippen molar-refractivity contribution in [3.05, 3.63) is 95.6 Å². The van der Waals surface area contributed by atoms with Gasteiger partial charge in [-0.1, -0.05) is 54.6 Å². The number of thioether (sulfide) groups is 1. The maximum absolute atomic E-state index is 13.8. The molecule has 1 N–H and O–H groups in total. The Kier molecular flexibility index (Phi) is 9.06. The molecule has 0 spiro atoms. The summed E-state index contributed by atoms with van der Waals surface area (Å²) >= 11 is 1.57. The second-order valence-corrected chi connectivity index (χ2v) is 10.9. The van der Waals surface area contributed by atoms with Crippen LogP contribution in [0.15, 0.2) is 78.9 Å². The summed E-state index contributed by atoms with van der Waals surface area (Å²) < 4.78 is 12.3. The fourth-order valence-electron chi connectivity index (χ4n) is 5.00. The summed E-state index contributed by atoms with van der Waals surface area (Å²) in [6.45, 7) is 2.99. The lowest BCUT2D eigenvalue weighted by Crippen LogP contribution is -2.42. The first kappa shape index (κ1) is 28.4. The normalized spacial score (nSPS) is 14.9. The van der Waals surface area contributed by atoms with Crippen LogP contribution in [0, 0.1) is 6.92 Å². The first-order chi connectivity index (χ1) is 20.0. The van der Waals surface area contributed by atoms with Gasteiger partial charge in [-0.05, 0) is 48.7 Å². The van der Waals surface area contributed by atoms with Gasteiger partial charge in [0.15, 0.2) is 0 Å². The van der Waals surface area contributed by atoms with Crippen LogP contribution in [0.2, 0.25) is 0 Å². The third-order valence-electron chi connectivity index (χ3n) is 7.07. The first-order valence-corrected chi connectivity index (χ1v) is 14.6. The zero-order valence-corrected chi connectivity index (χ0v) is 24.3. The Morgan fingerprint density at radius 2 is 1.76 bits per heavy atom. The number of benzene rings is 3. The Balaban J connectivity index is 1.71. The molecule has 0 aliphatic carbocycles. The zero-order valence-electron chi connectivity index (χ0n) is 23.5. The Hall–Kier alpha value is -4.08. The van der Waals surface area contributed by atoms with Crippen LogP contribution in [0.4, 0.5) is 5.82 Å². The largest absolute Gasteiger partial charge is 0.497 e. The number of nitrogens with one attached hydrogen (secondary N) is 1. The Morgan fingerprint density at radius 1 is 1.02 bits per heavy atom. The molecule has 4 aromatic rings. The van der Waals surface area contributed by atoms with E-state index in [1.807, 2.05) is 66.7 Å². The fourth-order valence-corrected chi connectivity index (χ4v) is 6.30. The van der Waals surface area contributed by atoms with E-state index in [1.54, 1.807) is 35.6 Å². The van der Waals surface area contributed by atoms with Crippen LogP contribution in [0.3, 0.4) is 0 Å². The lowest BCUT2D eigenvalue weighted by Gasteiger charge is -2.23. The monoisotopic (exact) mass is 570 g/mol. The number of carbonyl (C=O) groups excluding carboxylic acids is 2. The number of aryl methyl sites for hydroxylation is 1. The van der Waals surface area contributed by atoms with Crippen molar-refractivity contribution >= 4 is 29.4 Å². The molecule has 0 fully saturated rings. The molecule has 1 atom stereocenters. The number of amides is 2. The molecule has 212 valence electrons. The molecule has 1 aliphatic heterocycles. The molecule has 0 bridgehead atoms. The summed E-state index contributed by atoms with van der Waals surface area (Å²) in [4.78, 5) is 28.6. The van der Waals surface area contributed by atoms with Gasteiger partial charge in [-0.2, -0.15) is 5.10 Å². The molecule has 0 radical (unpaired) electrons. The second kappa shape index (κ2) is 13.1. The SMILES string of the molecule is COCCCNC(=O)CN1C(=O)CSC(c2ccccc2C)c2c(-c3ccccc3)nn(-c3ccc(OC)cc3)c21. The minimum atomic E-state index is -0.233. The molecule has 9 heteroatoms. The molecule has 3 aromatic carbocycles. The molecule has 41 heavy (non-hydrogen) atoms. The van der Waals surface area contributed by atoms with Crippen LogP contribution in [0.5, 0.6) is 5.75 Å². The van der Waals surface area contributed by atoms with Crippen molar-refractivity contribution in [3.63, 3.8) is 0 Å². The van der Waals surface area contributed by atoms with Gasteiger partial charge in [-0.15, -0.1) is 11.8 Å². The third-order valence-corrected chi connectivity index (χ3v) is 8.31. The van der Waals surface area contributed by atoms with Crippen molar-refractivity contribution in [1.29, 1.82) is 0 Å². The minimum Gasteiger partial charge on any atom is -0.497 e. The van der Waals surface area contributed by atoms with Crippen molar-refractivity contribution in [1.82, 2.24) is 15.1 Å². The van der Waals surface area contributed by atoms with Gasteiger partial charge in [0, 0.05) is 31.4 Å². The van der Waals surface area contributed by atoms with Crippen LogP contribution in [-0.4, -0.2) is 61.3 Å². The highest BCUT2D eigenvalue weighted by Gasteiger charge is 2.38. The number of rotatable bonds is 10. The lowest BCUT2D eigenvalue weighted by atomic mass is 9.97. The predicted molar refractivity (Wildman–Crippen MR) is 163 cm³/mol. The van der Waals surface area contributed by atoms with E-state index in [1.165, 1.54) is 0 Å². The minimum absolute atomic E-state index is 0.115. The molecule has 1 aliphatic rings. The molecular weight excluding hydrogens is 536 g/mol. The summed E-state index contributed by atoms with van der Waals surface area (Å²) in [7, 11) is 3.25. The van der Waals surface area contributed by atoms with E-state index in [9.17, 15) is 9.59 Å². The molecule has 8 nitrogen and oxygen atoms in total. The van der Waals surface area contributed by atoms with Crippen molar-refractivity contribution in [2.24, 2.45) is 0 Å². The van der Waals surface area contributed by atoms with E-state index < -0.39 is 0 Å². The van der Waals surface area contributed by atoms with Crippen LogP contribution in [0.25, 0.3) is 16.9 Å². The van der Waals surface area contributed by atoms with Gasteiger partial charge >= 0.3 is 0 Å². The Bertz CT molecular complexity index is 1500. The Morgan fingerprint density at radius 3 is 2.46 bits per heavy atom. The van der Waals surface area contributed by atoms with Gasteiger partial charge in [0.2, 0.25) is 11.8 Å². The van der Waals surface area contributed by atoms with Gasteiger partial charge in [0.05, 0.1) is 29.5 Å². The summed E-state index contributed by atoms with van der Waals surface area (Å²) in [6.07, 6.45) is 0.689. The average Bonchev–Trinajstić information content (AvgIpc) is 3.33. The molecule has 1 aromatic heterocycles.